The van der Waals surface area contributed by atoms with Crippen LogP contribution in [0.1, 0.15) is 32.8 Å². The maximum absolute atomic E-state index is 11.7. The fraction of sp³-hybridized carbons (Fsp3) is 0.533. The highest BCUT2D eigenvalue weighted by molar-refractivity contribution is 5.90. The van der Waals surface area contributed by atoms with E-state index in [1.165, 1.54) is 5.56 Å². The fourth-order valence-corrected chi connectivity index (χ4v) is 1.81. The first kappa shape index (κ1) is 14.7. The standard InChI is InChI=1S/C15H24N2O/c1-11(2)8-13-4-6-14(7-5-13)17-15(18)9-12(3)10-16/h4-7,11-12H,8-10,16H2,1-3H3,(H,17,18). The van der Waals surface area contributed by atoms with E-state index in [2.05, 4.69) is 31.3 Å². The first-order chi connectivity index (χ1) is 8.51. The largest absolute Gasteiger partial charge is 0.330 e. The van der Waals surface area contributed by atoms with Gasteiger partial charge in [0, 0.05) is 12.1 Å². The van der Waals surface area contributed by atoms with Crippen molar-refractivity contribution < 1.29 is 4.79 Å². The molecule has 1 unspecified atom stereocenters. The minimum Gasteiger partial charge on any atom is -0.330 e. The summed E-state index contributed by atoms with van der Waals surface area (Å²) in [5.41, 5.74) is 7.66. The molecule has 1 aromatic rings. The minimum atomic E-state index is 0.0320. The predicted molar refractivity (Wildman–Crippen MR) is 76.4 cm³/mol. The zero-order chi connectivity index (χ0) is 13.5. The Bertz CT molecular complexity index is 371. The van der Waals surface area contributed by atoms with E-state index in [4.69, 9.17) is 5.73 Å². The molecule has 3 nitrogen and oxygen atoms in total. The highest BCUT2D eigenvalue weighted by atomic mass is 16.1. The van der Waals surface area contributed by atoms with E-state index in [0.29, 0.717) is 18.9 Å². The summed E-state index contributed by atoms with van der Waals surface area (Å²) in [6.45, 7) is 6.92. The summed E-state index contributed by atoms with van der Waals surface area (Å²) < 4.78 is 0. The fourth-order valence-electron chi connectivity index (χ4n) is 1.81. The Morgan fingerprint density at radius 3 is 2.33 bits per heavy atom. The number of hydrogen-bond acceptors (Lipinski definition) is 2. The molecule has 0 aliphatic heterocycles. The van der Waals surface area contributed by atoms with Crippen molar-refractivity contribution in [3.8, 4) is 0 Å². The molecule has 0 radical (unpaired) electrons. The van der Waals surface area contributed by atoms with Crippen molar-refractivity contribution in [2.24, 2.45) is 17.6 Å². The van der Waals surface area contributed by atoms with E-state index in [9.17, 15) is 4.79 Å². The Hall–Kier alpha value is -1.35. The number of anilines is 1. The topological polar surface area (TPSA) is 55.1 Å². The van der Waals surface area contributed by atoms with Gasteiger partial charge in [0.2, 0.25) is 5.91 Å². The lowest BCUT2D eigenvalue weighted by Crippen LogP contribution is -2.20. The maximum Gasteiger partial charge on any atom is 0.224 e. The molecule has 1 rings (SSSR count). The normalized spacial score (nSPS) is 12.5. The molecular formula is C15H24N2O. The average Bonchev–Trinajstić information content (AvgIpc) is 2.30. The Balaban J connectivity index is 2.50. The van der Waals surface area contributed by atoms with Crippen LogP contribution in [0.2, 0.25) is 0 Å². The summed E-state index contributed by atoms with van der Waals surface area (Å²) in [6.07, 6.45) is 1.54. The second-order valence-corrected chi connectivity index (χ2v) is 5.39. The third kappa shape index (κ3) is 5.32. The lowest BCUT2D eigenvalue weighted by molar-refractivity contribution is -0.116. The molecule has 100 valence electrons. The summed E-state index contributed by atoms with van der Waals surface area (Å²) in [5, 5.41) is 2.89. The second-order valence-electron chi connectivity index (χ2n) is 5.39. The summed E-state index contributed by atoms with van der Waals surface area (Å²) in [5.74, 6) is 0.908. The van der Waals surface area contributed by atoms with Crippen molar-refractivity contribution in [2.45, 2.75) is 33.6 Å². The van der Waals surface area contributed by atoms with Gasteiger partial charge in [-0.3, -0.25) is 4.79 Å². The van der Waals surface area contributed by atoms with Crippen LogP contribution in [0.5, 0.6) is 0 Å². The van der Waals surface area contributed by atoms with E-state index in [0.717, 1.165) is 12.1 Å². The number of amides is 1. The molecular weight excluding hydrogens is 224 g/mol. The smallest absolute Gasteiger partial charge is 0.224 e. The average molecular weight is 248 g/mol. The Morgan fingerprint density at radius 1 is 1.22 bits per heavy atom. The number of nitrogens with one attached hydrogen (secondary N) is 1. The third-order valence-corrected chi connectivity index (χ3v) is 2.82. The van der Waals surface area contributed by atoms with Gasteiger partial charge in [0.1, 0.15) is 0 Å². The molecule has 0 fully saturated rings. The minimum absolute atomic E-state index is 0.0320. The van der Waals surface area contributed by atoms with Crippen LogP contribution in [0.4, 0.5) is 5.69 Å². The van der Waals surface area contributed by atoms with Crippen LogP contribution in [0.15, 0.2) is 24.3 Å². The van der Waals surface area contributed by atoms with Gasteiger partial charge >= 0.3 is 0 Å². The number of nitrogens with two attached hydrogens (primary N) is 1. The predicted octanol–water partition coefficient (Wildman–Crippen LogP) is 2.81. The number of benzene rings is 1. The molecule has 0 bridgehead atoms. The summed E-state index contributed by atoms with van der Waals surface area (Å²) >= 11 is 0. The van der Waals surface area contributed by atoms with Gasteiger partial charge in [0.05, 0.1) is 0 Å². The monoisotopic (exact) mass is 248 g/mol. The first-order valence-electron chi connectivity index (χ1n) is 6.60. The zero-order valence-electron chi connectivity index (χ0n) is 11.6. The van der Waals surface area contributed by atoms with Crippen molar-refractivity contribution in [1.29, 1.82) is 0 Å². The van der Waals surface area contributed by atoms with E-state index in [1.54, 1.807) is 0 Å². The molecule has 0 aromatic heterocycles. The summed E-state index contributed by atoms with van der Waals surface area (Å²) in [7, 11) is 0. The van der Waals surface area contributed by atoms with Crippen LogP contribution in [-0.4, -0.2) is 12.5 Å². The molecule has 0 spiro atoms. The van der Waals surface area contributed by atoms with Crippen molar-refractivity contribution in [2.75, 3.05) is 11.9 Å². The quantitative estimate of drug-likeness (QED) is 0.813. The molecule has 0 aliphatic rings. The molecule has 1 amide bonds. The van der Waals surface area contributed by atoms with Crippen molar-refractivity contribution >= 4 is 11.6 Å². The number of carbonyl (C=O) groups excluding carboxylic acids is 1. The van der Waals surface area contributed by atoms with Gasteiger partial charge in [0.15, 0.2) is 0 Å². The third-order valence-electron chi connectivity index (χ3n) is 2.82. The van der Waals surface area contributed by atoms with Crippen LogP contribution in [0, 0.1) is 11.8 Å². The first-order valence-corrected chi connectivity index (χ1v) is 6.60. The molecule has 1 aromatic carbocycles. The van der Waals surface area contributed by atoms with Gasteiger partial charge in [-0.05, 0) is 42.5 Å². The van der Waals surface area contributed by atoms with Crippen molar-refractivity contribution in [3.63, 3.8) is 0 Å². The number of hydrogen-bond donors (Lipinski definition) is 2. The highest BCUT2D eigenvalue weighted by Crippen LogP contribution is 2.13. The second kappa shape index (κ2) is 7.17. The molecule has 0 heterocycles. The number of rotatable bonds is 6. The molecule has 0 saturated carbocycles. The summed E-state index contributed by atoms with van der Waals surface area (Å²) in [4.78, 5) is 11.7. The van der Waals surface area contributed by atoms with Crippen LogP contribution in [0.25, 0.3) is 0 Å². The van der Waals surface area contributed by atoms with Crippen LogP contribution < -0.4 is 11.1 Å². The van der Waals surface area contributed by atoms with Gasteiger partial charge in [0.25, 0.3) is 0 Å². The molecule has 3 heteroatoms. The lowest BCUT2D eigenvalue weighted by atomic mass is 10.0. The van der Waals surface area contributed by atoms with Gasteiger partial charge in [-0.2, -0.15) is 0 Å². The molecule has 1 atom stereocenters. The van der Waals surface area contributed by atoms with E-state index in [-0.39, 0.29) is 11.8 Å². The van der Waals surface area contributed by atoms with Gasteiger partial charge < -0.3 is 11.1 Å². The van der Waals surface area contributed by atoms with E-state index >= 15 is 0 Å². The molecule has 0 saturated heterocycles. The zero-order valence-corrected chi connectivity index (χ0v) is 11.6. The van der Waals surface area contributed by atoms with Crippen LogP contribution >= 0.6 is 0 Å². The van der Waals surface area contributed by atoms with Gasteiger partial charge in [-0.15, -0.1) is 0 Å². The maximum atomic E-state index is 11.7. The Morgan fingerprint density at radius 2 is 1.83 bits per heavy atom. The van der Waals surface area contributed by atoms with E-state index < -0.39 is 0 Å². The van der Waals surface area contributed by atoms with Gasteiger partial charge in [-0.25, -0.2) is 0 Å². The van der Waals surface area contributed by atoms with Crippen LogP contribution in [-0.2, 0) is 11.2 Å². The molecule has 0 aliphatic carbocycles. The highest BCUT2D eigenvalue weighted by Gasteiger charge is 2.07. The summed E-state index contributed by atoms with van der Waals surface area (Å²) in [6, 6.07) is 8.06. The SMILES string of the molecule is CC(C)Cc1ccc(NC(=O)CC(C)CN)cc1. The number of carbonyl (C=O) groups is 1. The van der Waals surface area contributed by atoms with Crippen molar-refractivity contribution in [1.82, 2.24) is 0 Å². The van der Waals surface area contributed by atoms with E-state index in [1.807, 2.05) is 19.1 Å². The molecule has 3 N–H and O–H groups in total. The van der Waals surface area contributed by atoms with Gasteiger partial charge in [-0.1, -0.05) is 32.9 Å². The molecule has 18 heavy (non-hydrogen) atoms. The van der Waals surface area contributed by atoms with Crippen molar-refractivity contribution in [3.05, 3.63) is 29.8 Å². The Kier molecular flexibility index (Phi) is 5.86. The lowest BCUT2D eigenvalue weighted by Gasteiger charge is -2.10. The Labute approximate surface area is 110 Å². The van der Waals surface area contributed by atoms with Crippen LogP contribution in [0.3, 0.4) is 0 Å².